The number of hydrogen-bond donors (Lipinski definition) is 1. The molecular weight excluding hydrogens is 652 g/mol. The Hall–Kier alpha value is -5.58. The van der Waals surface area contributed by atoms with E-state index in [1.54, 1.807) is 26.0 Å². The Morgan fingerprint density at radius 2 is 1.02 bits per heavy atom. The van der Waals surface area contributed by atoms with E-state index in [1.807, 2.05) is 74.5 Å². The van der Waals surface area contributed by atoms with Gasteiger partial charge in [-0.25, -0.2) is 9.59 Å². The van der Waals surface area contributed by atoms with E-state index in [9.17, 15) is 14.7 Å². The second-order valence-corrected chi connectivity index (χ2v) is 11.3. The Morgan fingerprint density at radius 3 is 1.43 bits per heavy atom. The monoisotopic (exact) mass is 698 g/mol. The number of benzene rings is 4. The number of methoxy groups -OCH3 is 3. The lowest BCUT2D eigenvalue weighted by molar-refractivity contribution is -0.0135. The van der Waals surface area contributed by atoms with E-state index >= 15 is 0 Å². The molecule has 0 atom stereocenters. The minimum Gasteiger partial charge on any atom is -0.507 e. The van der Waals surface area contributed by atoms with Crippen molar-refractivity contribution in [2.24, 2.45) is 0 Å². The van der Waals surface area contributed by atoms with Gasteiger partial charge in [-0.1, -0.05) is 86.0 Å². The van der Waals surface area contributed by atoms with Crippen molar-refractivity contribution in [1.82, 2.24) is 0 Å². The molecule has 0 aliphatic carbocycles. The molecule has 270 valence electrons. The molecule has 0 aromatic heterocycles. The van der Waals surface area contributed by atoms with Crippen molar-refractivity contribution in [3.05, 3.63) is 129 Å². The van der Waals surface area contributed by atoms with Crippen LogP contribution in [-0.2, 0) is 32.2 Å². The molecule has 0 saturated carbocycles. The zero-order valence-electron chi connectivity index (χ0n) is 30.3. The molecular formula is C41H46O10. The molecule has 0 heterocycles. The van der Waals surface area contributed by atoms with Crippen LogP contribution in [-0.4, -0.2) is 52.0 Å². The van der Waals surface area contributed by atoms with Gasteiger partial charge in [-0.15, -0.1) is 0 Å². The zero-order chi connectivity index (χ0) is 37.5. The van der Waals surface area contributed by atoms with Crippen molar-refractivity contribution in [2.45, 2.75) is 40.9 Å². The molecule has 1 N–H and O–H groups in total. The van der Waals surface area contributed by atoms with E-state index in [0.717, 1.165) is 16.7 Å². The third-order valence-corrected chi connectivity index (χ3v) is 7.98. The van der Waals surface area contributed by atoms with Crippen LogP contribution >= 0.6 is 0 Å². The molecule has 10 nitrogen and oxygen atoms in total. The third kappa shape index (κ3) is 9.78. The quantitative estimate of drug-likeness (QED) is 0.0960. The summed E-state index contributed by atoms with van der Waals surface area (Å²) in [6, 6.07) is 19.5. The summed E-state index contributed by atoms with van der Waals surface area (Å²) >= 11 is 0. The topological polar surface area (TPSA) is 119 Å². The second kappa shape index (κ2) is 19.6. The predicted octanol–water partition coefficient (Wildman–Crippen LogP) is 8.29. The average molecular weight is 699 g/mol. The Kier molecular flexibility index (Phi) is 15.3. The fraction of sp³-hybridized carbons (Fsp3) is 0.268. The van der Waals surface area contributed by atoms with Gasteiger partial charge in [0.15, 0.2) is 13.6 Å². The first-order chi connectivity index (χ1) is 24.6. The highest BCUT2D eigenvalue weighted by atomic mass is 16.7. The number of aromatic hydroxyl groups is 1. The van der Waals surface area contributed by atoms with Crippen molar-refractivity contribution < 1.29 is 47.9 Å². The first-order valence-electron chi connectivity index (χ1n) is 16.0. The molecule has 51 heavy (non-hydrogen) atoms. The summed E-state index contributed by atoms with van der Waals surface area (Å²) in [6.45, 7) is 15.2. The molecule has 0 saturated heterocycles. The number of rotatable bonds is 15. The predicted molar refractivity (Wildman–Crippen MR) is 196 cm³/mol. The molecule has 4 aromatic rings. The summed E-state index contributed by atoms with van der Waals surface area (Å²) in [4.78, 5) is 24.7. The van der Waals surface area contributed by atoms with Crippen LogP contribution in [0.15, 0.2) is 73.8 Å². The van der Waals surface area contributed by atoms with Crippen molar-refractivity contribution in [3.63, 3.8) is 0 Å². The Balaban J connectivity index is 0.000000276. The Morgan fingerprint density at radius 1 is 0.608 bits per heavy atom. The number of carbonyl (C=O) groups excluding carboxylic acids is 2. The van der Waals surface area contributed by atoms with Crippen molar-refractivity contribution >= 4 is 24.1 Å². The van der Waals surface area contributed by atoms with Gasteiger partial charge >= 0.3 is 11.9 Å². The largest absolute Gasteiger partial charge is 0.507 e. The molecule has 4 rings (SSSR count). The lowest BCUT2D eigenvalue weighted by Gasteiger charge is -2.21. The molecule has 0 unspecified atom stereocenters. The number of ether oxygens (including phenoxy) is 7. The summed E-state index contributed by atoms with van der Waals surface area (Å²) in [6.07, 6.45) is 3.28. The van der Waals surface area contributed by atoms with Gasteiger partial charge in [0.25, 0.3) is 0 Å². The number of carbonyl (C=O) groups is 2. The van der Waals surface area contributed by atoms with E-state index in [1.165, 1.54) is 21.3 Å². The number of phenolic OH excluding ortho intramolecular Hbond substituents is 1. The highest BCUT2D eigenvalue weighted by molar-refractivity contribution is 5.97. The van der Waals surface area contributed by atoms with Gasteiger partial charge in [0, 0.05) is 36.5 Å². The molecule has 4 aromatic carbocycles. The number of phenols is 1. The van der Waals surface area contributed by atoms with Crippen LogP contribution in [0.4, 0.5) is 0 Å². The molecule has 0 amide bonds. The summed E-state index contributed by atoms with van der Waals surface area (Å²) in [5.74, 6) is 0.239. The highest BCUT2D eigenvalue weighted by Gasteiger charge is 2.26. The summed E-state index contributed by atoms with van der Waals surface area (Å²) < 4.78 is 37.1. The van der Waals surface area contributed by atoms with E-state index in [-0.39, 0.29) is 24.9 Å². The Bertz CT molecular complexity index is 1810. The molecule has 0 spiro atoms. The highest BCUT2D eigenvalue weighted by Crippen LogP contribution is 2.41. The fourth-order valence-corrected chi connectivity index (χ4v) is 5.39. The molecule has 0 aliphatic heterocycles. The smallest absolute Gasteiger partial charge is 0.344 e. The molecule has 10 heteroatoms. The average Bonchev–Trinajstić information content (AvgIpc) is 3.14. The summed E-state index contributed by atoms with van der Waals surface area (Å²) in [7, 11) is 4.39. The van der Waals surface area contributed by atoms with Gasteiger partial charge in [0.05, 0.1) is 7.11 Å². The van der Waals surface area contributed by atoms with Gasteiger partial charge in [-0.2, -0.15) is 0 Å². The third-order valence-electron chi connectivity index (χ3n) is 7.98. The van der Waals surface area contributed by atoms with Crippen molar-refractivity contribution in [2.75, 3.05) is 34.9 Å². The van der Waals surface area contributed by atoms with E-state index in [0.29, 0.717) is 63.8 Å². The number of esters is 2. The van der Waals surface area contributed by atoms with Crippen LogP contribution in [0.2, 0.25) is 0 Å². The first kappa shape index (κ1) is 39.9. The maximum Gasteiger partial charge on any atom is 0.344 e. The molecule has 0 radical (unpaired) electrons. The van der Waals surface area contributed by atoms with E-state index in [4.69, 9.17) is 33.2 Å². The Labute approximate surface area is 299 Å². The van der Waals surface area contributed by atoms with Gasteiger partial charge in [0.1, 0.15) is 47.3 Å². The second-order valence-electron chi connectivity index (χ2n) is 11.3. The van der Waals surface area contributed by atoms with Gasteiger partial charge in [-0.3, -0.25) is 0 Å². The van der Waals surface area contributed by atoms with E-state index in [2.05, 4.69) is 13.2 Å². The minimum absolute atomic E-state index is 0.0940. The van der Waals surface area contributed by atoms with E-state index < -0.39 is 11.9 Å². The molecule has 0 fully saturated rings. The van der Waals surface area contributed by atoms with Gasteiger partial charge < -0.3 is 38.3 Å². The van der Waals surface area contributed by atoms with Crippen molar-refractivity contribution in [1.29, 1.82) is 0 Å². The lowest BCUT2D eigenvalue weighted by Crippen LogP contribution is -2.14. The van der Waals surface area contributed by atoms with Crippen LogP contribution in [0.3, 0.4) is 0 Å². The maximum atomic E-state index is 12.5. The van der Waals surface area contributed by atoms with Crippen LogP contribution in [0.5, 0.6) is 23.0 Å². The van der Waals surface area contributed by atoms with Crippen LogP contribution in [0, 0.1) is 27.7 Å². The minimum atomic E-state index is -0.655. The SMILES string of the molecule is C=Cc1c(C)c(C(=O)OCOC)c(O)c(C)c1OCc1ccccc1.C=Cc1c(C)c(C(=O)OCOC)c(OC)c(C)c1OCc1ccccc1. The maximum absolute atomic E-state index is 12.5. The fourth-order valence-electron chi connectivity index (χ4n) is 5.39. The van der Waals surface area contributed by atoms with Crippen molar-refractivity contribution in [3.8, 4) is 23.0 Å². The van der Waals surface area contributed by atoms with Crippen LogP contribution in [0.25, 0.3) is 12.2 Å². The normalized spacial score (nSPS) is 10.3. The zero-order valence-corrected chi connectivity index (χ0v) is 30.3. The first-order valence-corrected chi connectivity index (χ1v) is 16.0. The molecule has 0 aliphatic rings. The van der Waals surface area contributed by atoms with Crippen LogP contribution < -0.4 is 14.2 Å². The standard InChI is InChI=1S/C21H24O5.C20H22O5/c1-6-17-14(2)18(21(22)26-13-23-4)20(24-5)15(3)19(17)25-12-16-10-8-7-9-11-16;1-5-16-13(2)17(20(22)25-12-23-4)18(21)14(3)19(16)24-11-15-9-7-6-8-10-15/h6-11H,1,12-13H2,2-5H3;5-10,21H,1,11-12H2,2-4H3. The number of hydrogen-bond acceptors (Lipinski definition) is 10. The summed E-state index contributed by atoms with van der Waals surface area (Å²) in [5, 5.41) is 10.5. The van der Waals surface area contributed by atoms with Gasteiger partial charge in [-0.05, 0) is 49.9 Å². The summed E-state index contributed by atoms with van der Waals surface area (Å²) in [5.41, 5.74) is 6.28. The lowest BCUT2D eigenvalue weighted by atomic mass is 9.96. The van der Waals surface area contributed by atoms with Gasteiger partial charge in [0.2, 0.25) is 0 Å². The van der Waals surface area contributed by atoms with Crippen LogP contribution in [0.1, 0.15) is 65.2 Å². The molecule has 0 bridgehead atoms.